The van der Waals surface area contributed by atoms with E-state index in [-0.39, 0.29) is 16.8 Å². The molecule has 1 heterocycles. The van der Waals surface area contributed by atoms with Crippen LogP contribution >= 0.6 is 11.6 Å². The lowest BCUT2D eigenvalue weighted by Crippen LogP contribution is -2.36. The van der Waals surface area contributed by atoms with E-state index < -0.39 is 5.82 Å². The van der Waals surface area contributed by atoms with Gasteiger partial charge in [0.2, 0.25) is 5.91 Å². The maximum absolute atomic E-state index is 13.0. The molecule has 4 nitrogen and oxygen atoms in total. The SMILES string of the molecule is N#C[C@H]1CCCN(CCC(=O)Nc2ccc(F)c(Cl)c2)C1. The second-order valence-electron chi connectivity index (χ2n) is 5.20. The molecule has 1 fully saturated rings. The summed E-state index contributed by atoms with van der Waals surface area (Å²) in [6.45, 7) is 2.28. The number of carbonyl (C=O) groups is 1. The van der Waals surface area contributed by atoms with Gasteiger partial charge in [0.05, 0.1) is 17.0 Å². The van der Waals surface area contributed by atoms with Gasteiger partial charge in [-0.15, -0.1) is 0 Å². The van der Waals surface area contributed by atoms with Crippen molar-refractivity contribution >= 4 is 23.2 Å². The van der Waals surface area contributed by atoms with E-state index in [1.54, 1.807) is 0 Å². The minimum Gasteiger partial charge on any atom is -0.326 e. The molecule has 1 aromatic carbocycles. The summed E-state index contributed by atoms with van der Waals surface area (Å²) in [6, 6.07) is 6.37. The standard InChI is InChI=1S/C15H17ClFN3O/c16-13-8-12(3-4-14(13)17)19-15(21)5-7-20-6-1-2-11(9-18)10-20/h3-4,8,11H,1-2,5-7,10H2,(H,19,21)/t11-/m1/s1. The fourth-order valence-electron chi connectivity index (χ4n) is 2.42. The van der Waals surface area contributed by atoms with Gasteiger partial charge in [0.25, 0.3) is 0 Å². The van der Waals surface area contributed by atoms with Crippen LogP contribution in [0, 0.1) is 23.1 Å². The summed E-state index contributed by atoms with van der Waals surface area (Å²) < 4.78 is 13.0. The maximum Gasteiger partial charge on any atom is 0.225 e. The number of hydrogen-bond donors (Lipinski definition) is 1. The molecule has 2 rings (SSSR count). The summed E-state index contributed by atoms with van der Waals surface area (Å²) in [5.74, 6) is -0.583. The van der Waals surface area contributed by atoms with Crippen molar-refractivity contribution < 1.29 is 9.18 Å². The first-order valence-corrected chi connectivity index (χ1v) is 7.33. The smallest absolute Gasteiger partial charge is 0.225 e. The van der Waals surface area contributed by atoms with E-state index in [4.69, 9.17) is 16.9 Å². The molecule has 112 valence electrons. The van der Waals surface area contributed by atoms with Crippen LogP contribution in [-0.4, -0.2) is 30.4 Å². The number of halogens is 2. The van der Waals surface area contributed by atoms with Crippen LogP contribution in [-0.2, 0) is 4.79 Å². The molecule has 21 heavy (non-hydrogen) atoms. The summed E-state index contributed by atoms with van der Waals surface area (Å²) in [6.07, 6.45) is 2.27. The molecular weight excluding hydrogens is 293 g/mol. The van der Waals surface area contributed by atoms with E-state index in [1.807, 2.05) is 0 Å². The van der Waals surface area contributed by atoms with Gasteiger partial charge in [-0.2, -0.15) is 5.26 Å². The summed E-state index contributed by atoms with van der Waals surface area (Å²) in [5.41, 5.74) is 0.486. The lowest BCUT2D eigenvalue weighted by atomic mass is 10.00. The van der Waals surface area contributed by atoms with Crippen LogP contribution in [0.4, 0.5) is 10.1 Å². The first-order valence-electron chi connectivity index (χ1n) is 6.95. The number of rotatable bonds is 4. The van der Waals surface area contributed by atoms with E-state index in [0.717, 1.165) is 25.9 Å². The zero-order valence-corrected chi connectivity index (χ0v) is 12.4. The zero-order chi connectivity index (χ0) is 15.2. The van der Waals surface area contributed by atoms with Crippen LogP contribution in [0.3, 0.4) is 0 Å². The van der Waals surface area contributed by atoms with Crippen LogP contribution in [0.15, 0.2) is 18.2 Å². The molecule has 0 radical (unpaired) electrons. The third-order valence-electron chi connectivity index (χ3n) is 3.55. The van der Waals surface area contributed by atoms with Crippen molar-refractivity contribution in [3.05, 3.63) is 29.0 Å². The second-order valence-corrected chi connectivity index (χ2v) is 5.60. The molecule has 0 bridgehead atoms. The lowest BCUT2D eigenvalue weighted by Gasteiger charge is -2.29. The van der Waals surface area contributed by atoms with E-state index in [0.29, 0.717) is 18.7 Å². The lowest BCUT2D eigenvalue weighted by molar-refractivity contribution is -0.116. The van der Waals surface area contributed by atoms with Crippen molar-refractivity contribution in [3.63, 3.8) is 0 Å². The molecule has 0 spiro atoms. The van der Waals surface area contributed by atoms with Crippen molar-refractivity contribution in [3.8, 4) is 6.07 Å². The van der Waals surface area contributed by atoms with Crippen molar-refractivity contribution in [2.75, 3.05) is 25.0 Å². The Labute approximate surface area is 128 Å². The van der Waals surface area contributed by atoms with E-state index in [2.05, 4.69) is 16.3 Å². The molecule has 0 saturated carbocycles. The van der Waals surface area contributed by atoms with Gasteiger partial charge in [0.15, 0.2) is 0 Å². The van der Waals surface area contributed by atoms with Gasteiger partial charge in [0.1, 0.15) is 5.82 Å². The minimum absolute atomic E-state index is 0.0132. The predicted octanol–water partition coefficient (Wildman–Crippen LogP) is 3.04. The molecule has 0 unspecified atom stereocenters. The van der Waals surface area contributed by atoms with Crippen LogP contribution in [0.5, 0.6) is 0 Å². The summed E-state index contributed by atoms with van der Waals surface area (Å²) in [5, 5.41) is 11.6. The number of anilines is 1. The van der Waals surface area contributed by atoms with Crippen molar-refractivity contribution in [1.82, 2.24) is 4.90 Å². The van der Waals surface area contributed by atoms with Gasteiger partial charge in [-0.1, -0.05) is 11.6 Å². The van der Waals surface area contributed by atoms with Gasteiger partial charge >= 0.3 is 0 Å². The topological polar surface area (TPSA) is 56.1 Å². The second kappa shape index (κ2) is 7.39. The Morgan fingerprint density at radius 3 is 3.10 bits per heavy atom. The first kappa shape index (κ1) is 15.7. The third kappa shape index (κ3) is 4.69. The Bertz CT molecular complexity index is 558. The number of amides is 1. The average Bonchev–Trinajstić information content (AvgIpc) is 2.49. The van der Waals surface area contributed by atoms with Gasteiger partial charge in [-0.3, -0.25) is 4.79 Å². The number of hydrogen-bond acceptors (Lipinski definition) is 3. The van der Waals surface area contributed by atoms with Gasteiger partial charge in [-0.25, -0.2) is 4.39 Å². The van der Waals surface area contributed by atoms with Crippen molar-refractivity contribution in [2.45, 2.75) is 19.3 Å². The number of carbonyl (C=O) groups excluding carboxylic acids is 1. The largest absolute Gasteiger partial charge is 0.326 e. The van der Waals surface area contributed by atoms with Gasteiger partial charge < -0.3 is 10.2 Å². The quantitative estimate of drug-likeness (QED) is 0.930. The molecule has 1 aliphatic rings. The zero-order valence-electron chi connectivity index (χ0n) is 11.6. The Morgan fingerprint density at radius 1 is 1.57 bits per heavy atom. The highest BCUT2D eigenvalue weighted by Gasteiger charge is 2.19. The highest BCUT2D eigenvalue weighted by atomic mass is 35.5. The molecule has 1 aromatic rings. The van der Waals surface area contributed by atoms with Gasteiger partial charge in [0, 0.05) is 25.2 Å². The number of benzene rings is 1. The monoisotopic (exact) mass is 309 g/mol. The molecular formula is C15H17ClFN3O. The molecule has 1 atom stereocenters. The number of nitrogens with one attached hydrogen (secondary N) is 1. The maximum atomic E-state index is 13.0. The number of likely N-dealkylation sites (tertiary alicyclic amines) is 1. The average molecular weight is 310 g/mol. The minimum atomic E-state index is -0.509. The van der Waals surface area contributed by atoms with Crippen LogP contribution < -0.4 is 5.32 Å². The first-order chi connectivity index (χ1) is 10.1. The molecule has 1 amide bonds. The summed E-state index contributed by atoms with van der Waals surface area (Å²) in [7, 11) is 0. The highest BCUT2D eigenvalue weighted by molar-refractivity contribution is 6.31. The number of nitrogens with zero attached hydrogens (tertiary/aromatic N) is 2. The van der Waals surface area contributed by atoms with Crippen molar-refractivity contribution in [2.24, 2.45) is 5.92 Å². The molecule has 1 aliphatic heterocycles. The molecule has 6 heteroatoms. The number of nitriles is 1. The molecule has 1 N–H and O–H groups in total. The van der Waals surface area contributed by atoms with E-state index in [9.17, 15) is 9.18 Å². The summed E-state index contributed by atoms with van der Waals surface area (Å²) >= 11 is 5.66. The Kier molecular flexibility index (Phi) is 5.54. The molecule has 0 aliphatic carbocycles. The highest BCUT2D eigenvalue weighted by Crippen LogP contribution is 2.20. The fraction of sp³-hybridized carbons (Fsp3) is 0.467. The molecule has 0 aromatic heterocycles. The molecule has 1 saturated heterocycles. The van der Waals surface area contributed by atoms with Gasteiger partial charge in [-0.05, 0) is 37.6 Å². The van der Waals surface area contributed by atoms with Crippen molar-refractivity contribution in [1.29, 1.82) is 5.26 Å². The Balaban J connectivity index is 1.79. The van der Waals surface area contributed by atoms with E-state index >= 15 is 0 Å². The predicted molar refractivity (Wildman–Crippen MR) is 79.4 cm³/mol. The van der Waals surface area contributed by atoms with Crippen LogP contribution in [0.25, 0.3) is 0 Å². The fourth-order valence-corrected chi connectivity index (χ4v) is 2.60. The van der Waals surface area contributed by atoms with E-state index in [1.165, 1.54) is 18.2 Å². The number of piperidine rings is 1. The van der Waals surface area contributed by atoms with Crippen LogP contribution in [0.1, 0.15) is 19.3 Å². The van der Waals surface area contributed by atoms with Crippen LogP contribution in [0.2, 0.25) is 5.02 Å². The Morgan fingerprint density at radius 2 is 2.38 bits per heavy atom. The third-order valence-corrected chi connectivity index (χ3v) is 3.84. The normalized spacial score (nSPS) is 19.0. The summed E-state index contributed by atoms with van der Waals surface area (Å²) in [4.78, 5) is 14.0. The Hall–Kier alpha value is -1.64.